The normalized spacial score (nSPS) is 16.9. The third kappa shape index (κ3) is 3.07. The van der Waals surface area contributed by atoms with Gasteiger partial charge in [0.05, 0.1) is 16.6 Å². The summed E-state index contributed by atoms with van der Waals surface area (Å²) in [4.78, 5) is 37.2. The molecule has 0 bridgehead atoms. The molecule has 1 fully saturated rings. The maximum Gasteiger partial charge on any atom is 0.254 e. The molecule has 3 heterocycles. The number of H-pyrrole nitrogens is 1. The number of piperazine rings is 1. The minimum atomic E-state index is -0.149. The number of hydrogen-bond donors (Lipinski definition) is 2. The number of aromatic nitrogens is 2. The molecule has 1 saturated heterocycles. The summed E-state index contributed by atoms with van der Waals surface area (Å²) in [6.45, 7) is 3.63. The quantitative estimate of drug-likeness (QED) is 0.681. The highest BCUT2D eigenvalue weighted by Crippen LogP contribution is 2.33. The fourth-order valence-corrected chi connectivity index (χ4v) is 4.19. The molecule has 0 spiro atoms. The summed E-state index contributed by atoms with van der Waals surface area (Å²) in [5.74, 6) is 0.467. The van der Waals surface area contributed by atoms with Crippen molar-refractivity contribution in [3.63, 3.8) is 0 Å². The number of carbonyl (C=O) groups excluding carboxylic acids is 2. The van der Waals surface area contributed by atoms with Gasteiger partial charge in [-0.2, -0.15) is 0 Å². The Kier molecular flexibility index (Phi) is 4.29. The van der Waals surface area contributed by atoms with Gasteiger partial charge in [0.1, 0.15) is 5.82 Å². The summed E-state index contributed by atoms with van der Waals surface area (Å²) >= 11 is 6.24. The van der Waals surface area contributed by atoms with E-state index in [-0.39, 0.29) is 11.8 Å². The van der Waals surface area contributed by atoms with Gasteiger partial charge in [-0.1, -0.05) is 11.6 Å². The van der Waals surface area contributed by atoms with Crippen LogP contribution >= 0.6 is 11.6 Å². The van der Waals surface area contributed by atoms with Crippen LogP contribution in [0.4, 0.5) is 0 Å². The zero-order valence-electron chi connectivity index (χ0n) is 16.0. The number of hydrogen-bond acceptors (Lipinski definition) is 4. The Hall–Kier alpha value is -2.90. The minimum absolute atomic E-state index is 0.0244. The molecule has 0 atom stereocenters. The van der Waals surface area contributed by atoms with Crippen LogP contribution < -0.4 is 5.32 Å². The molecule has 0 radical (unpaired) electrons. The third-order valence-corrected chi connectivity index (χ3v) is 6.04. The number of halogens is 1. The van der Waals surface area contributed by atoms with Gasteiger partial charge in [-0.05, 0) is 37.4 Å². The summed E-state index contributed by atoms with van der Waals surface area (Å²) in [7, 11) is 2.06. The second-order valence-electron chi connectivity index (χ2n) is 7.54. The molecule has 2 aliphatic rings. The van der Waals surface area contributed by atoms with Crippen molar-refractivity contribution < 1.29 is 9.59 Å². The molecular weight excluding hydrogens is 390 g/mol. The maximum atomic E-state index is 12.9. The summed E-state index contributed by atoms with van der Waals surface area (Å²) in [6, 6.07) is 9.09. The van der Waals surface area contributed by atoms with Crippen molar-refractivity contribution in [3.8, 4) is 11.4 Å². The van der Waals surface area contributed by atoms with Crippen LogP contribution in [0.1, 0.15) is 26.3 Å². The number of imidazole rings is 1. The van der Waals surface area contributed by atoms with E-state index >= 15 is 0 Å². The van der Waals surface area contributed by atoms with Gasteiger partial charge in [-0.15, -0.1) is 0 Å². The SMILES string of the molecule is CN1CCN(C(=O)c2ccc3[nH]c(-c4ccc(Cl)c5c4C(=O)NC5)nc3c2)CC1. The third-order valence-electron chi connectivity index (χ3n) is 5.68. The Balaban J connectivity index is 1.51. The molecule has 0 unspecified atom stereocenters. The first-order valence-corrected chi connectivity index (χ1v) is 9.96. The molecule has 148 valence electrons. The van der Waals surface area contributed by atoms with Crippen LogP contribution in [0.2, 0.25) is 5.02 Å². The summed E-state index contributed by atoms with van der Waals surface area (Å²) in [6.07, 6.45) is 0. The summed E-state index contributed by atoms with van der Waals surface area (Å²) < 4.78 is 0. The highest BCUT2D eigenvalue weighted by atomic mass is 35.5. The van der Waals surface area contributed by atoms with E-state index in [0.717, 1.165) is 37.3 Å². The Labute approximate surface area is 172 Å². The fraction of sp³-hybridized carbons (Fsp3) is 0.286. The fourth-order valence-electron chi connectivity index (χ4n) is 3.97. The highest BCUT2D eigenvalue weighted by molar-refractivity contribution is 6.32. The lowest BCUT2D eigenvalue weighted by Gasteiger charge is -2.32. The van der Waals surface area contributed by atoms with Gasteiger partial charge in [0, 0.05) is 54.4 Å². The van der Waals surface area contributed by atoms with Crippen molar-refractivity contribution in [2.45, 2.75) is 6.54 Å². The van der Waals surface area contributed by atoms with Crippen molar-refractivity contribution in [1.82, 2.24) is 25.1 Å². The number of nitrogens with one attached hydrogen (secondary N) is 2. The lowest BCUT2D eigenvalue weighted by molar-refractivity contribution is 0.0664. The Morgan fingerprint density at radius 1 is 1.14 bits per heavy atom. The van der Waals surface area contributed by atoms with E-state index in [1.165, 1.54) is 0 Å². The number of likely N-dealkylation sites (N-methyl/N-ethyl adjacent to an activating group) is 1. The average Bonchev–Trinajstić information content (AvgIpc) is 3.32. The van der Waals surface area contributed by atoms with E-state index in [9.17, 15) is 9.59 Å². The largest absolute Gasteiger partial charge is 0.348 e. The van der Waals surface area contributed by atoms with Crippen LogP contribution in [0.3, 0.4) is 0 Å². The molecule has 1 aromatic heterocycles. The van der Waals surface area contributed by atoms with Crippen LogP contribution in [0.5, 0.6) is 0 Å². The zero-order chi connectivity index (χ0) is 20.1. The van der Waals surface area contributed by atoms with E-state index in [1.807, 2.05) is 23.1 Å². The molecule has 7 nitrogen and oxygen atoms in total. The standard InChI is InChI=1S/C21H20ClN5O2/c1-26-6-8-27(9-7-26)21(29)12-2-5-16-17(10-12)25-19(24-16)13-3-4-15(22)14-11-23-20(28)18(13)14/h2-5,10H,6-9,11H2,1H3,(H,23,28)(H,24,25). The molecule has 2 N–H and O–H groups in total. The van der Waals surface area contributed by atoms with Crippen LogP contribution in [-0.4, -0.2) is 64.8 Å². The topological polar surface area (TPSA) is 81.3 Å². The number of benzene rings is 2. The predicted molar refractivity (Wildman–Crippen MR) is 111 cm³/mol. The lowest BCUT2D eigenvalue weighted by Crippen LogP contribution is -2.47. The minimum Gasteiger partial charge on any atom is -0.348 e. The molecule has 2 amide bonds. The maximum absolute atomic E-state index is 12.9. The number of amides is 2. The monoisotopic (exact) mass is 409 g/mol. The van der Waals surface area contributed by atoms with Crippen LogP contribution in [-0.2, 0) is 6.54 Å². The molecule has 0 aliphatic carbocycles. The number of fused-ring (bicyclic) bond motifs is 2. The Morgan fingerprint density at radius 2 is 1.93 bits per heavy atom. The Bertz CT molecular complexity index is 1150. The van der Waals surface area contributed by atoms with Crippen molar-refractivity contribution in [2.24, 2.45) is 0 Å². The van der Waals surface area contributed by atoms with Gasteiger partial charge in [-0.25, -0.2) is 4.98 Å². The summed E-state index contributed by atoms with van der Waals surface area (Å²) in [5.41, 5.74) is 4.20. The first-order valence-electron chi connectivity index (χ1n) is 9.59. The van der Waals surface area contributed by atoms with E-state index in [2.05, 4.69) is 27.2 Å². The van der Waals surface area contributed by atoms with Crippen molar-refractivity contribution in [3.05, 3.63) is 52.0 Å². The van der Waals surface area contributed by atoms with Gasteiger partial charge >= 0.3 is 0 Å². The number of aromatic amines is 1. The van der Waals surface area contributed by atoms with Gasteiger partial charge in [0.15, 0.2) is 0 Å². The average molecular weight is 410 g/mol. The lowest BCUT2D eigenvalue weighted by atomic mass is 10.0. The first-order chi connectivity index (χ1) is 14.0. The van der Waals surface area contributed by atoms with Gasteiger partial charge in [-0.3, -0.25) is 9.59 Å². The molecule has 0 saturated carbocycles. The van der Waals surface area contributed by atoms with Crippen LogP contribution in [0.25, 0.3) is 22.4 Å². The Morgan fingerprint density at radius 3 is 2.72 bits per heavy atom. The molecule has 5 rings (SSSR count). The van der Waals surface area contributed by atoms with Crippen LogP contribution in [0, 0.1) is 0 Å². The second kappa shape index (κ2) is 6.86. The van der Waals surface area contributed by atoms with Gasteiger partial charge < -0.3 is 20.1 Å². The van der Waals surface area contributed by atoms with E-state index < -0.39 is 0 Å². The molecule has 8 heteroatoms. The van der Waals surface area contributed by atoms with E-state index in [4.69, 9.17) is 11.6 Å². The molecular formula is C21H20ClN5O2. The molecule has 3 aromatic rings. The van der Waals surface area contributed by atoms with Crippen molar-refractivity contribution >= 4 is 34.4 Å². The zero-order valence-corrected chi connectivity index (χ0v) is 16.7. The number of carbonyl (C=O) groups is 2. The highest BCUT2D eigenvalue weighted by Gasteiger charge is 2.27. The summed E-state index contributed by atoms with van der Waals surface area (Å²) in [5, 5.41) is 3.38. The van der Waals surface area contributed by atoms with Crippen molar-refractivity contribution in [2.75, 3.05) is 33.2 Å². The second-order valence-corrected chi connectivity index (χ2v) is 7.95. The van der Waals surface area contributed by atoms with E-state index in [0.29, 0.717) is 39.6 Å². The molecule has 2 aromatic carbocycles. The number of nitrogens with zero attached hydrogens (tertiary/aromatic N) is 3. The molecule has 29 heavy (non-hydrogen) atoms. The van der Waals surface area contributed by atoms with Crippen molar-refractivity contribution in [1.29, 1.82) is 0 Å². The van der Waals surface area contributed by atoms with Crippen LogP contribution in [0.15, 0.2) is 30.3 Å². The van der Waals surface area contributed by atoms with Gasteiger partial charge in [0.25, 0.3) is 11.8 Å². The number of rotatable bonds is 2. The first kappa shape index (κ1) is 18.1. The smallest absolute Gasteiger partial charge is 0.254 e. The van der Waals surface area contributed by atoms with Gasteiger partial charge in [0.2, 0.25) is 0 Å². The predicted octanol–water partition coefficient (Wildman–Crippen LogP) is 2.51. The van der Waals surface area contributed by atoms with E-state index in [1.54, 1.807) is 12.1 Å². The molecule has 2 aliphatic heterocycles.